The number of rotatable bonds is 5. The van der Waals surface area contributed by atoms with Crippen molar-refractivity contribution in [1.82, 2.24) is 14.9 Å². The van der Waals surface area contributed by atoms with Gasteiger partial charge in [-0.3, -0.25) is 14.6 Å². The van der Waals surface area contributed by atoms with E-state index in [1.54, 1.807) is 18.6 Å². The summed E-state index contributed by atoms with van der Waals surface area (Å²) < 4.78 is 1.94. The molecule has 0 bridgehead atoms. The monoisotopic (exact) mass is 371 g/mol. The van der Waals surface area contributed by atoms with E-state index in [0.717, 1.165) is 16.6 Å². The molecule has 0 saturated heterocycles. The summed E-state index contributed by atoms with van der Waals surface area (Å²) in [5.74, 6) is -0.329. The summed E-state index contributed by atoms with van der Waals surface area (Å²) in [6.07, 6.45) is 5.80. The molecule has 0 radical (unpaired) electrons. The zero-order valence-corrected chi connectivity index (χ0v) is 15.7. The second-order valence-electron chi connectivity index (χ2n) is 6.04. The Kier molecular flexibility index (Phi) is 6.52. The lowest BCUT2D eigenvalue weighted by atomic mass is 10.1. The van der Waals surface area contributed by atoms with E-state index in [-0.39, 0.29) is 29.3 Å². The van der Waals surface area contributed by atoms with Crippen molar-refractivity contribution in [3.63, 3.8) is 0 Å². The van der Waals surface area contributed by atoms with Gasteiger partial charge in [-0.25, -0.2) is 0 Å². The fraction of sp³-hybridized carbons (Fsp3) is 0.250. The Balaban J connectivity index is 0.00000243. The fourth-order valence-corrected chi connectivity index (χ4v) is 2.90. The van der Waals surface area contributed by atoms with Crippen molar-refractivity contribution in [3.05, 3.63) is 75.8 Å². The van der Waals surface area contributed by atoms with Crippen LogP contribution in [-0.4, -0.2) is 22.0 Å². The number of nitrogens with zero attached hydrogens (tertiary/aromatic N) is 2. The Labute approximate surface area is 158 Å². The minimum absolute atomic E-state index is 0. The second kappa shape index (κ2) is 8.63. The lowest BCUT2D eigenvalue weighted by molar-refractivity contribution is 0.0952. The number of hydrogen-bond acceptors (Lipinski definition) is 3. The molecule has 3 rings (SSSR count). The number of aromatic nitrogens is 2. The number of carbonyl (C=O) groups is 1. The van der Waals surface area contributed by atoms with Gasteiger partial charge >= 0.3 is 0 Å². The number of amides is 1. The van der Waals surface area contributed by atoms with Crippen LogP contribution in [-0.2, 0) is 13.0 Å². The number of nitrogens with one attached hydrogen (secondary N) is 1. The molecule has 0 saturated carbocycles. The highest BCUT2D eigenvalue weighted by atomic mass is 35.5. The lowest BCUT2D eigenvalue weighted by Crippen LogP contribution is -2.31. The van der Waals surface area contributed by atoms with Gasteiger partial charge in [0.2, 0.25) is 5.43 Å². The van der Waals surface area contributed by atoms with Crippen LogP contribution in [0.15, 0.2) is 53.7 Å². The van der Waals surface area contributed by atoms with E-state index in [1.807, 2.05) is 48.7 Å². The molecule has 0 spiro atoms. The lowest BCUT2D eigenvalue weighted by Gasteiger charge is -2.12. The van der Waals surface area contributed by atoms with Crippen LogP contribution in [0.1, 0.15) is 28.4 Å². The SMILES string of the molecule is CCn1cc(C(=O)NCCc2ccncc2)c(=O)c2cc(C)ccc21.Cl. The summed E-state index contributed by atoms with van der Waals surface area (Å²) in [7, 11) is 0. The van der Waals surface area contributed by atoms with Crippen LogP contribution in [0.4, 0.5) is 0 Å². The summed E-state index contributed by atoms with van der Waals surface area (Å²) in [6, 6.07) is 9.57. The van der Waals surface area contributed by atoms with Crippen LogP contribution < -0.4 is 10.7 Å². The number of hydrogen-bond donors (Lipinski definition) is 1. The minimum Gasteiger partial charge on any atom is -0.352 e. The third kappa shape index (κ3) is 4.11. The quantitative estimate of drug-likeness (QED) is 0.749. The highest BCUT2D eigenvalue weighted by molar-refractivity contribution is 5.97. The van der Waals surface area contributed by atoms with E-state index in [4.69, 9.17) is 0 Å². The zero-order valence-electron chi connectivity index (χ0n) is 14.9. The molecule has 0 aliphatic carbocycles. The van der Waals surface area contributed by atoms with Crippen LogP contribution in [0.25, 0.3) is 10.9 Å². The first kappa shape index (κ1) is 19.7. The van der Waals surface area contributed by atoms with Gasteiger partial charge in [0.15, 0.2) is 0 Å². The van der Waals surface area contributed by atoms with Gasteiger partial charge in [-0.05, 0) is 50.1 Å². The number of carbonyl (C=O) groups excluding carboxylic acids is 1. The predicted molar refractivity (Wildman–Crippen MR) is 106 cm³/mol. The summed E-state index contributed by atoms with van der Waals surface area (Å²) in [5.41, 5.74) is 2.92. The van der Waals surface area contributed by atoms with Crippen molar-refractivity contribution in [1.29, 1.82) is 0 Å². The maximum atomic E-state index is 12.7. The highest BCUT2D eigenvalue weighted by Crippen LogP contribution is 2.14. The van der Waals surface area contributed by atoms with E-state index in [2.05, 4.69) is 10.3 Å². The van der Waals surface area contributed by atoms with Crippen molar-refractivity contribution in [3.8, 4) is 0 Å². The Morgan fingerprint density at radius 1 is 1.19 bits per heavy atom. The molecule has 3 aromatic rings. The molecule has 0 atom stereocenters. The molecular weight excluding hydrogens is 350 g/mol. The van der Waals surface area contributed by atoms with Gasteiger partial charge < -0.3 is 9.88 Å². The summed E-state index contributed by atoms with van der Waals surface area (Å²) in [4.78, 5) is 29.2. The van der Waals surface area contributed by atoms with Crippen molar-refractivity contribution >= 4 is 29.2 Å². The van der Waals surface area contributed by atoms with Crippen LogP contribution in [0, 0.1) is 6.92 Å². The minimum atomic E-state index is -0.329. The largest absolute Gasteiger partial charge is 0.352 e. The van der Waals surface area contributed by atoms with Gasteiger partial charge in [-0.15, -0.1) is 12.4 Å². The van der Waals surface area contributed by atoms with E-state index in [0.29, 0.717) is 24.9 Å². The third-order valence-corrected chi connectivity index (χ3v) is 4.27. The molecule has 5 nitrogen and oxygen atoms in total. The molecule has 1 N–H and O–H groups in total. The standard InChI is InChI=1S/C20H21N3O2.ClH/c1-3-23-13-17(19(24)16-12-14(2)4-5-18(16)23)20(25)22-11-8-15-6-9-21-10-7-15;/h4-7,9-10,12-13H,3,8,11H2,1-2H3,(H,22,25);1H. The number of benzene rings is 1. The molecule has 26 heavy (non-hydrogen) atoms. The van der Waals surface area contributed by atoms with Gasteiger partial charge in [0.05, 0.1) is 5.52 Å². The Morgan fingerprint density at radius 3 is 2.62 bits per heavy atom. The molecular formula is C20H22ClN3O2. The van der Waals surface area contributed by atoms with Gasteiger partial charge in [0.25, 0.3) is 5.91 Å². The van der Waals surface area contributed by atoms with Crippen molar-refractivity contribution < 1.29 is 4.79 Å². The number of fused-ring (bicyclic) bond motifs is 1. The summed E-state index contributed by atoms with van der Waals surface area (Å²) >= 11 is 0. The molecule has 0 aliphatic heterocycles. The molecule has 1 amide bonds. The van der Waals surface area contributed by atoms with Crippen molar-refractivity contribution in [2.75, 3.05) is 6.54 Å². The first-order chi connectivity index (χ1) is 12.1. The van der Waals surface area contributed by atoms with E-state index in [1.165, 1.54) is 0 Å². The molecule has 0 unspecified atom stereocenters. The van der Waals surface area contributed by atoms with Crippen LogP contribution in [0.2, 0.25) is 0 Å². The first-order valence-electron chi connectivity index (χ1n) is 8.41. The maximum absolute atomic E-state index is 12.7. The molecule has 0 aliphatic rings. The van der Waals surface area contributed by atoms with E-state index < -0.39 is 0 Å². The highest BCUT2D eigenvalue weighted by Gasteiger charge is 2.15. The maximum Gasteiger partial charge on any atom is 0.256 e. The zero-order chi connectivity index (χ0) is 17.8. The summed E-state index contributed by atoms with van der Waals surface area (Å²) in [5, 5.41) is 3.43. The van der Waals surface area contributed by atoms with Gasteiger partial charge in [0, 0.05) is 37.1 Å². The van der Waals surface area contributed by atoms with E-state index >= 15 is 0 Å². The average Bonchev–Trinajstić information content (AvgIpc) is 2.63. The Bertz CT molecular complexity index is 968. The molecule has 136 valence electrons. The number of pyridine rings is 2. The van der Waals surface area contributed by atoms with Crippen LogP contribution in [0.5, 0.6) is 0 Å². The molecule has 6 heteroatoms. The van der Waals surface area contributed by atoms with Gasteiger partial charge in [-0.2, -0.15) is 0 Å². The van der Waals surface area contributed by atoms with Crippen molar-refractivity contribution in [2.24, 2.45) is 0 Å². The number of aryl methyl sites for hydroxylation is 2. The Morgan fingerprint density at radius 2 is 1.92 bits per heavy atom. The smallest absolute Gasteiger partial charge is 0.256 e. The fourth-order valence-electron chi connectivity index (χ4n) is 2.90. The third-order valence-electron chi connectivity index (χ3n) is 4.27. The molecule has 0 fully saturated rings. The van der Waals surface area contributed by atoms with Crippen molar-refractivity contribution in [2.45, 2.75) is 26.8 Å². The van der Waals surface area contributed by atoms with Crippen LogP contribution >= 0.6 is 12.4 Å². The second-order valence-corrected chi connectivity index (χ2v) is 6.04. The predicted octanol–water partition coefficient (Wildman–Crippen LogP) is 3.12. The van der Waals surface area contributed by atoms with E-state index in [9.17, 15) is 9.59 Å². The summed E-state index contributed by atoms with van der Waals surface area (Å²) in [6.45, 7) is 5.10. The average molecular weight is 372 g/mol. The molecule has 2 heterocycles. The van der Waals surface area contributed by atoms with Crippen LogP contribution in [0.3, 0.4) is 0 Å². The number of halogens is 1. The first-order valence-corrected chi connectivity index (χ1v) is 8.41. The topological polar surface area (TPSA) is 64.0 Å². The Hall–Kier alpha value is -2.66. The normalized spacial score (nSPS) is 10.4. The molecule has 2 aromatic heterocycles. The van der Waals surface area contributed by atoms with Gasteiger partial charge in [0.1, 0.15) is 5.56 Å². The van der Waals surface area contributed by atoms with Gasteiger partial charge in [-0.1, -0.05) is 11.6 Å². The molecule has 1 aromatic carbocycles.